The number of carbonyl (C=O) groups excluding carboxylic acids is 1. The summed E-state index contributed by atoms with van der Waals surface area (Å²) in [6.07, 6.45) is 0. The summed E-state index contributed by atoms with van der Waals surface area (Å²) in [5.74, 6) is 1.12. The average molecular weight is 372 g/mol. The molecular formula is C20H24N2O3S. The van der Waals surface area contributed by atoms with Gasteiger partial charge in [0.2, 0.25) is 0 Å². The summed E-state index contributed by atoms with van der Waals surface area (Å²) in [7, 11) is 0. The molecule has 0 saturated heterocycles. The van der Waals surface area contributed by atoms with Gasteiger partial charge in [-0.1, -0.05) is 24.3 Å². The quantitative estimate of drug-likeness (QED) is 0.600. The van der Waals surface area contributed by atoms with Crippen LogP contribution < -0.4 is 20.1 Å². The van der Waals surface area contributed by atoms with Crippen molar-refractivity contribution in [3.63, 3.8) is 0 Å². The Morgan fingerprint density at radius 1 is 0.962 bits per heavy atom. The first-order valence-corrected chi connectivity index (χ1v) is 8.78. The Hall–Kier alpha value is -2.60. The van der Waals surface area contributed by atoms with Gasteiger partial charge >= 0.3 is 0 Å². The van der Waals surface area contributed by atoms with Gasteiger partial charge in [0.25, 0.3) is 5.91 Å². The van der Waals surface area contributed by atoms with E-state index >= 15 is 0 Å². The number of para-hydroxylation sites is 1. The van der Waals surface area contributed by atoms with Crippen LogP contribution in [-0.4, -0.2) is 29.8 Å². The molecule has 138 valence electrons. The van der Waals surface area contributed by atoms with Crippen LogP contribution in [-0.2, 0) is 0 Å². The van der Waals surface area contributed by atoms with Crippen molar-refractivity contribution in [1.82, 2.24) is 10.6 Å². The van der Waals surface area contributed by atoms with E-state index in [0.29, 0.717) is 29.6 Å². The van der Waals surface area contributed by atoms with E-state index in [1.54, 1.807) is 24.3 Å². The summed E-state index contributed by atoms with van der Waals surface area (Å²) in [5, 5.41) is 6.01. The molecule has 0 unspecified atom stereocenters. The van der Waals surface area contributed by atoms with E-state index in [1.165, 1.54) is 0 Å². The second-order valence-corrected chi connectivity index (χ2v) is 7.10. The first-order valence-electron chi connectivity index (χ1n) is 8.38. The Bertz CT molecular complexity index is 742. The molecule has 0 spiro atoms. The van der Waals surface area contributed by atoms with Crippen molar-refractivity contribution in [1.29, 1.82) is 0 Å². The van der Waals surface area contributed by atoms with Gasteiger partial charge in [-0.15, -0.1) is 0 Å². The Balaban J connectivity index is 1.83. The van der Waals surface area contributed by atoms with E-state index in [-0.39, 0.29) is 11.4 Å². The Morgan fingerprint density at radius 2 is 1.58 bits per heavy atom. The van der Waals surface area contributed by atoms with Gasteiger partial charge in [-0.05, 0) is 63.3 Å². The molecule has 2 N–H and O–H groups in total. The Kier molecular flexibility index (Phi) is 6.97. The largest absolute Gasteiger partial charge is 0.490 e. The number of ether oxygens (including phenoxy) is 2. The molecule has 1 amide bonds. The molecule has 26 heavy (non-hydrogen) atoms. The molecule has 0 aliphatic carbocycles. The molecule has 0 heterocycles. The topological polar surface area (TPSA) is 59.6 Å². The van der Waals surface area contributed by atoms with Crippen molar-refractivity contribution in [2.45, 2.75) is 26.3 Å². The van der Waals surface area contributed by atoms with Gasteiger partial charge in [0.05, 0.1) is 0 Å². The molecule has 5 nitrogen and oxygen atoms in total. The molecule has 0 aliphatic heterocycles. The van der Waals surface area contributed by atoms with Crippen LogP contribution >= 0.6 is 12.2 Å². The number of hydrogen-bond donors (Lipinski definition) is 2. The van der Waals surface area contributed by atoms with Crippen LogP contribution in [0, 0.1) is 0 Å². The lowest BCUT2D eigenvalue weighted by molar-refractivity contribution is 0.0975. The first-order chi connectivity index (χ1) is 12.3. The Morgan fingerprint density at radius 3 is 2.23 bits per heavy atom. The van der Waals surface area contributed by atoms with E-state index in [0.717, 1.165) is 5.75 Å². The lowest BCUT2D eigenvalue weighted by Crippen LogP contribution is -2.48. The highest BCUT2D eigenvalue weighted by Gasteiger charge is 2.14. The number of thiocarbonyl (C=S) groups is 1. The minimum atomic E-state index is -0.280. The number of rotatable bonds is 6. The zero-order valence-corrected chi connectivity index (χ0v) is 16.1. The van der Waals surface area contributed by atoms with Crippen molar-refractivity contribution in [2.24, 2.45) is 0 Å². The van der Waals surface area contributed by atoms with Crippen molar-refractivity contribution in [3.05, 3.63) is 60.2 Å². The lowest BCUT2D eigenvalue weighted by atomic mass is 10.1. The fourth-order valence-electron chi connectivity index (χ4n) is 2.11. The van der Waals surface area contributed by atoms with Crippen LogP contribution in [0.5, 0.6) is 11.5 Å². The average Bonchev–Trinajstić information content (AvgIpc) is 2.58. The molecule has 0 aliphatic rings. The molecule has 0 aromatic heterocycles. The monoisotopic (exact) mass is 372 g/mol. The number of nitrogens with one attached hydrogen (secondary N) is 2. The molecule has 2 rings (SSSR count). The Labute approximate surface area is 159 Å². The summed E-state index contributed by atoms with van der Waals surface area (Å²) < 4.78 is 11.2. The van der Waals surface area contributed by atoms with Crippen LogP contribution in [0.4, 0.5) is 0 Å². The third kappa shape index (κ3) is 7.11. The maximum Gasteiger partial charge on any atom is 0.257 e. The molecule has 6 heteroatoms. The van der Waals surface area contributed by atoms with Gasteiger partial charge in [-0.25, -0.2) is 0 Å². The highest BCUT2D eigenvalue weighted by Crippen LogP contribution is 2.14. The summed E-state index contributed by atoms with van der Waals surface area (Å²) in [6.45, 7) is 6.70. The highest BCUT2D eigenvalue weighted by molar-refractivity contribution is 7.80. The molecule has 0 bridgehead atoms. The molecule has 0 radical (unpaired) electrons. The van der Waals surface area contributed by atoms with E-state index in [9.17, 15) is 4.79 Å². The van der Waals surface area contributed by atoms with Crippen LogP contribution in [0.2, 0.25) is 0 Å². The molecule has 2 aromatic carbocycles. The van der Waals surface area contributed by atoms with Crippen molar-refractivity contribution in [2.75, 3.05) is 13.2 Å². The predicted octanol–water partition coefficient (Wildman–Crippen LogP) is 3.55. The molecule has 2 aromatic rings. The maximum atomic E-state index is 12.3. The van der Waals surface area contributed by atoms with Gasteiger partial charge in [0, 0.05) is 11.1 Å². The highest BCUT2D eigenvalue weighted by atomic mass is 32.1. The van der Waals surface area contributed by atoms with Gasteiger partial charge in [-0.2, -0.15) is 0 Å². The third-order valence-corrected chi connectivity index (χ3v) is 3.38. The number of hydrogen-bond acceptors (Lipinski definition) is 4. The zero-order chi connectivity index (χ0) is 19.0. The second-order valence-electron chi connectivity index (χ2n) is 6.70. The molecular weight excluding hydrogens is 348 g/mol. The number of carbonyl (C=O) groups is 1. The molecule has 0 saturated carbocycles. The smallest absolute Gasteiger partial charge is 0.257 e. The summed E-state index contributed by atoms with van der Waals surface area (Å²) in [6, 6.07) is 16.5. The number of amides is 1. The van der Waals surface area contributed by atoms with E-state index in [1.807, 2.05) is 51.1 Å². The SMILES string of the molecule is CC(C)(C)NC(=S)NC(=O)c1cccc(OCCOc2ccccc2)c1. The van der Waals surface area contributed by atoms with Crippen molar-refractivity contribution < 1.29 is 14.3 Å². The maximum absolute atomic E-state index is 12.3. The van der Waals surface area contributed by atoms with Gasteiger partial charge < -0.3 is 14.8 Å². The fraction of sp³-hybridized carbons (Fsp3) is 0.300. The van der Waals surface area contributed by atoms with Crippen molar-refractivity contribution in [3.8, 4) is 11.5 Å². The molecule has 0 atom stereocenters. The normalized spacial score (nSPS) is 10.7. The summed E-state index contributed by atoms with van der Waals surface area (Å²) in [4.78, 5) is 12.3. The van der Waals surface area contributed by atoms with Crippen LogP contribution in [0.3, 0.4) is 0 Å². The number of benzene rings is 2. The zero-order valence-electron chi connectivity index (χ0n) is 15.2. The minimum Gasteiger partial charge on any atom is -0.490 e. The first kappa shape index (κ1) is 19.7. The fourth-order valence-corrected chi connectivity index (χ4v) is 2.51. The summed E-state index contributed by atoms with van der Waals surface area (Å²) in [5.41, 5.74) is 0.262. The van der Waals surface area contributed by atoms with Crippen molar-refractivity contribution >= 4 is 23.2 Å². The van der Waals surface area contributed by atoms with Gasteiger partial charge in [-0.3, -0.25) is 10.1 Å². The van der Waals surface area contributed by atoms with Gasteiger partial charge in [0.1, 0.15) is 24.7 Å². The van der Waals surface area contributed by atoms with E-state index in [4.69, 9.17) is 21.7 Å². The van der Waals surface area contributed by atoms with E-state index < -0.39 is 0 Å². The summed E-state index contributed by atoms with van der Waals surface area (Å²) >= 11 is 5.15. The van der Waals surface area contributed by atoms with Crippen LogP contribution in [0.1, 0.15) is 31.1 Å². The second kappa shape index (κ2) is 9.20. The van der Waals surface area contributed by atoms with Crippen LogP contribution in [0.15, 0.2) is 54.6 Å². The predicted molar refractivity (Wildman–Crippen MR) is 107 cm³/mol. The minimum absolute atomic E-state index is 0.214. The van der Waals surface area contributed by atoms with Gasteiger partial charge in [0.15, 0.2) is 5.11 Å². The third-order valence-electron chi connectivity index (χ3n) is 3.18. The van der Waals surface area contributed by atoms with E-state index in [2.05, 4.69) is 10.6 Å². The van der Waals surface area contributed by atoms with Crippen LogP contribution in [0.25, 0.3) is 0 Å². The standard InChI is InChI=1S/C20H24N2O3S/c1-20(2,3)22-19(26)21-18(23)15-8-7-11-17(14-15)25-13-12-24-16-9-5-4-6-10-16/h4-11,14H,12-13H2,1-3H3,(H2,21,22,23,26). The lowest BCUT2D eigenvalue weighted by Gasteiger charge is -2.22. The molecule has 0 fully saturated rings.